The minimum Gasteiger partial charge on any atom is -0.493 e. The quantitative estimate of drug-likeness (QED) is 0.651. The van der Waals surface area contributed by atoms with E-state index in [2.05, 4.69) is 43.3 Å². The lowest BCUT2D eigenvalue weighted by Gasteiger charge is -2.17. The standard InChI is InChI=1S/C21H29NO2/c1-3-4-8-13-24-21-15-17(11-12-20(21)23-2)14-19(16-22)18-9-6-5-7-10-18/h5-7,9-12,15,19H,3-4,8,13-14,16,22H2,1-2H3. The number of hydrogen-bond acceptors (Lipinski definition) is 3. The highest BCUT2D eigenvalue weighted by Gasteiger charge is 2.13. The molecule has 0 radical (unpaired) electrons. The van der Waals surface area contributed by atoms with E-state index in [0.717, 1.165) is 30.9 Å². The molecule has 130 valence electrons. The largest absolute Gasteiger partial charge is 0.493 e. The summed E-state index contributed by atoms with van der Waals surface area (Å²) in [7, 11) is 1.68. The molecular formula is C21H29NO2. The second-order valence-electron chi connectivity index (χ2n) is 6.09. The predicted molar refractivity (Wildman–Crippen MR) is 100.0 cm³/mol. The molecule has 3 nitrogen and oxygen atoms in total. The van der Waals surface area contributed by atoms with Crippen LogP contribution in [-0.4, -0.2) is 20.3 Å². The van der Waals surface area contributed by atoms with Crippen molar-refractivity contribution in [3.63, 3.8) is 0 Å². The van der Waals surface area contributed by atoms with Crippen molar-refractivity contribution < 1.29 is 9.47 Å². The molecule has 2 N–H and O–H groups in total. The van der Waals surface area contributed by atoms with E-state index in [-0.39, 0.29) is 0 Å². The van der Waals surface area contributed by atoms with Crippen LogP contribution < -0.4 is 15.2 Å². The smallest absolute Gasteiger partial charge is 0.161 e. The molecule has 0 aliphatic heterocycles. The van der Waals surface area contributed by atoms with Gasteiger partial charge in [0.05, 0.1) is 13.7 Å². The highest BCUT2D eigenvalue weighted by atomic mass is 16.5. The first kappa shape index (κ1) is 18.3. The van der Waals surface area contributed by atoms with Gasteiger partial charge in [0, 0.05) is 5.92 Å². The van der Waals surface area contributed by atoms with E-state index in [0.29, 0.717) is 12.5 Å². The number of hydrogen-bond donors (Lipinski definition) is 1. The van der Waals surface area contributed by atoms with E-state index in [1.165, 1.54) is 24.0 Å². The lowest BCUT2D eigenvalue weighted by Crippen LogP contribution is -2.15. The molecule has 1 unspecified atom stereocenters. The van der Waals surface area contributed by atoms with Crippen LogP contribution in [0.1, 0.15) is 43.2 Å². The van der Waals surface area contributed by atoms with Gasteiger partial charge in [-0.15, -0.1) is 0 Å². The number of methoxy groups -OCH3 is 1. The highest BCUT2D eigenvalue weighted by Crippen LogP contribution is 2.30. The zero-order chi connectivity index (χ0) is 17.2. The molecule has 0 bridgehead atoms. The van der Waals surface area contributed by atoms with E-state index in [4.69, 9.17) is 15.2 Å². The van der Waals surface area contributed by atoms with Crippen molar-refractivity contribution in [2.75, 3.05) is 20.3 Å². The van der Waals surface area contributed by atoms with Gasteiger partial charge in [-0.3, -0.25) is 0 Å². The van der Waals surface area contributed by atoms with Gasteiger partial charge in [-0.2, -0.15) is 0 Å². The fourth-order valence-electron chi connectivity index (χ4n) is 2.84. The van der Waals surface area contributed by atoms with Crippen LogP contribution >= 0.6 is 0 Å². The first-order chi connectivity index (χ1) is 11.8. The highest BCUT2D eigenvalue weighted by molar-refractivity contribution is 5.43. The van der Waals surface area contributed by atoms with Crippen molar-refractivity contribution in [1.82, 2.24) is 0 Å². The Labute approximate surface area is 145 Å². The Bertz CT molecular complexity index is 598. The Hall–Kier alpha value is -2.00. The summed E-state index contributed by atoms with van der Waals surface area (Å²) in [5.74, 6) is 1.93. The molecule has 0 amide bonds. The maximum Gasteiger partial charge on any atom is 0.161 e. The molecule has 0 aliphatic rings. The van der Waals surface area contributed by atoms with E-state index >= 15 is 0 Å². The first-order valence-corrected chi connectivity index (χ1v) is 8.83. The van der Waals surface area contributed by atoms with Crippen molar-refractivity contribution in [2.45, 2.75) is 38.5 Å². The Morgan fingerprint density at radius 2 is 1.79 bits per heavy atom. The van der Waals surface area contributed by atoms with Crippen molar-refractivity contribution in [3.05, 3.63) is 59.7 Å². The molecule has 0 aromatic heterocycles. The van der Waals surface area contributed by atoms with Gasteiger partial charge in [0.2, 0.25) is 0 Å². The summed E-state index contributed by atoms with van der Waals surface area (Å²) in [6.07, 6.45) is 4.34. The lowest BCUT2D eigenvalue weighted by atomic mass is 9.92. The second-order valence-corrected chi connectivity index (χ2v) is 6.09. The third-order valence-electron chi connectivity index (χ3n) is 4.27. The molecule has 0 fully saturated rings. The Morgan fingerprint density at radius 1 is 1.00 bits per heavy atom. The molecule has 2 aromatic carbocycles. The maximum absolute atomic E-state index is 6.00. The molecule has 24 heavy (non-hydrogen) atoms. The fourth-order valence-corrected chi connectivity index (χ4v) is 2.84. The number of benzene rings is 2. The molecule has 0 saturated heterocycles. The van der Waals surface area contributed by atoms with Gasteiger partial charge in [0.25, 0.3) is 0 Å². The summed E-state index contributed by atoms with van der Waals surface area (Å²) in [5.41, 5.74) is 8.51. The molecular weight excluding hydrogens is 298 g/mol. The first-order valence-electron chi connectivity index (χ1n) is 8.83. The maximum atomic E-state index is 6.00. The van der Waals surface area contributed by atoms with Crippen LogP contribution in [0.3, 0.4) is 0 Å². The number of nitrogens with two attached hydrogens (primary N) is 1. The van der Waals surface area contributed by atoms with Gasteiger partial charge < -0.3 is 15.2 Å². The second kappa shape index (κ2) is 9.99. The fraction of sp³-hybridized carbons (Fsp3) is 0.429. The van der Waals surface area contributed by atoms with Crippen molar-refractivity contribution in [1.29, 1.82) is 0 Å². The summed E-state index contributed by atoms with van der Waals surface area (Å²) >= 11 is 0. The van der Waals surface area contributed by atoms with Crippen LogP contribution in [0.4, 0.5) is 0 Å². The molecule has 0 saturated carbocycles. The van der Waals surface area contributed by atoms with Crippen molar-refractivity contribution in [2.24, 2.45) is 5.73 Å². The van der Waals surface area contributed by atoms with E-state index in [9.17, 15) is 0 Å². The monoisotopic (exact) mass is 327 g/mol. The third kappa shape index (κ3) is 5.27. The topological polar surface area (TPSA) is 44.5 Å². The van der Waals surface area contributed by atoms with Crippen LogP contribution in [0.5, 0.6) is 11.5 Å². The van der Waals surface area contributed by atoms with E-state index in [1.807, 2.05) is 12.1 Å². The lowest BCUT2D eigenvalue weighted by molar-refractivity contribution is 0.285. The average Bonchev–Trinajstić information content (AvgIpc) is 2.64. The van der Waals surface area contributed by atoms with Gasteiger partial charge in [0.1, 0.15) is 0 Å². The molecule has 2 rings (SSSR count). The van der Waals surface area contributed by atoms with Crippen molar-refractivity contribution >= 4 is 0 Å². The minimum atomic E-state index is 0.313. The zero-order valence-corrected chi connectivity index (χ0v) is 14.8. The van der Waals surface area contributed by atoms with Crippen molar-refractivity contribution in [3.8, 4) is 11.5 Å². The number of unbranched alkanes of at least 4 members (excludes halogenated alkanes) is 2. The minimum absolute atomic E-state index is 0.313. The van der Waals surface area contributed by atoms with Crippen LogP contribution in [0.15, 0.2) is 48.5 Å². The molecule has 3 heteroatoms. The summed E-state index contributed by atoms with van der Waals surface area (Å²) < 4.78 is 11.4. The SMILES string of the molecule is CCCCCOc1cc(CC(CN)c2ccccc2)ccc1OC. The van der Waals surface area contributed by atoms with Gasteiger partial charge in [-0.25, -0.2) is 0 Å². The summed E-state index contributed by atoms with van der Waals surface area (Å²) in [5, 5.41) is 0. The molecule has 0 heterocycles. The molecule has 0 spiro atoms. The van der Waals surface area contributed by atoms with Crippen LogP contribution in [0.2, 0.25) is 0 Å². The Morgan fingerprint density at radius 3 is 2.46 bits per heavy atom. The van der Waals surface area contributed by atoms with Crippen LogP contribution in [0.25, 0.3) is 0 Å². The average molecular weight is 327 g/mol. The van der Waals surface area contributed by atoms with Crippen LogP contribution in [-0.2, 0) is 6.42 Å². The number of rotatable bonds is 10. The molecule has 0 aliphatic carbocycles. The summed E-state index contributed by atoms with van der Waals surface area (Å²) in [4.78, 5) is 0. The Kier molecular flexibility index (Phi) is 7.63. The van der Waals surface area contributed by atoms with Gasteiger partial charge >= 0.3 is 0 Å². The van der Waals surface area contributed by atoms with Gasteiger partial charge in [-0.05, 0) is 42.6 Å². The van der Waals surface area contributed by atoms with E-state index < -0.39 is 0 Å². The number of ether oxygens (including phenoxy) is 2. The summed E-state index contributed by atoms with van der Waals surface area (Å²) in [6, 6.07) is 16.6. The predicted octanol–water partition coefficient (Wildman–Crippen LogP) is 4.55. The van der Waals surface area contributed by atoms with Crippen LogP contribution in [0, 0.1) is 0 Å². The zero-order valence-electron chi connectivity index (χ0n) is 14.8. The molecule has 2 aromatic rings. The van der Waals surface area contributed by atoms with Gasteiger partial charge in [0.15, 0.2) is 11.5 Å². The normalized spacial score (nSPS) is 12.0. The summed E-state index contributed by atoms with van der Waals surface area (Å²) in [6.45, 7) is 3.55. The van der Waals surface area contributed by atoms with E-state index in [1.54, 1.807) is 7.11 Å². The molecule has 1 atom stereocenters. The van der Waals surface area contributed by atoms with Gasteiger partial charge in [-0.1, -0.05) is 56.2 Å². The third-order valence-corrected chi connectivity index (χ3v) is 4.27. The Balaban J connectivity index is 2.09.